The lowest BCUT2D eigenvalue weighted by Gasteiger charge is -2.34. The smallest absolute Gasteiger partial charge is 0.179 e. The molecule has 3 nitrogen and oxygen atoms in total. The summed E-state index contributed by atoms with van der Waals surface area (Å²) >= 11 is 0. The van der Waals surface area contributed by atoms with E-state index in [0.29, 0.717) is 0 Å². The van der Waals surface area contributed by atoms with Crippen LogP contribution in [0.5, 0.6) is 5.75 Å². The van der Waals surface area contributed by atoms with Crippen LogP contribution >= 0.6 is 0 Å². The van der Waals surface area contributed by atoms with Crippen LogP contribution in [0.15, 0.2) is 24.3 Å². The Morgan fingerprint density at radius 2 is 1.84 bits per heavy atom. The molecular formula is C16H23NO2. The second-order valence-electron chi connectivity index (χ2n) is 5.49. The number of ether oxygens (including phenoxy) is 1. The van der Waals surface area contributed by atoms with E-state index in [1.807, 2.05) is 31.2 Å². The zero-order valence-corrected chi connectivity index (χ0v) is 12.1. The number of rotatable bonds is 4. The fourth-order valence-corrected chi connectivity index (χ4v) is 2.58. The van der Waals surface area contributed by atoms with Crippen LogP contribution in [-0.4, -0.2) is 36.9 Å². The summed E-state index contributed by atoms with van der Waals surface area (Å²) in [6.07, 6.45) is 2.39. The first-order chi connectivity index (χ1) is 9.11. The Hall–Kier alpha value is -1.35. The normalized spacial score (nSPS) is 19.1. The summed E-state index contributed by atoms with van der Waals surface area (Å²) in [7, 11) is 1.63. The Balaban J connectivity index is 2.01. The van der Waals surface area contributed by atoms with Gasteiger partial charge in [-0.2, -0.15) is 0 Å². The molecule has 0 spiro atoms. The number of carbonyl (C=O) groups is 1. The van der Waals surface area contributed by atoms with Gasteiger partial charge in [0, 0.05) is 5.56 Å². The maximum atomic E-state index is 12.4. The summed E-state index contributed by atoms with van der Waals surface area (Å²) in [5, 5.41) is 0. The van der Waals surface area contributed by atoms with Crippen molar-refractivity contribution in [2.45, 2.75) is 32.7 Å². The van der Waals surface area contributed by atoms with Crippen LogP contribution in [-0.2, 0) is 0 Å². The molecule has 1 aliphatic heterocycles. The highest BCUT2D eigenvalue weighted by Crippen LogP contribution is 2.20. The van der Waals surface area contributed by atoms with E-state index in [2.05, 4.69) is 11.8 Å². The van der Waals surface area contributed by atoms with Crippen LogP contribution in [0.3, 0.4) is 0 Å². The third-order valence-electron chi connectivity index (χ3n) is 4.12. The molecule has 1 atom stereocenters. The number of likely N-dealkylation sites (tertiary alicyclic amines) is 1. The van der Waals surface area contributed by atoms with Gasteiger partial charge in [0.05, 0.1) is 13.2 Å². The van der Waals surface area contributed by atoms with Gasteiger partial charge in [0.25, 0.3) is 0 Å². The largest absolute Gasteiger partial charge is 0.497 e. The number of nitrogens with zero attached hydrogens (tertiary/aromatic N) is 1. The van der Waals surface area contributed by atoms with Gasteiger partial charge in [-0.25, -0.2) is 0 Å². The molecule has 0 aliphatic carbocycles. The number of hydrogen-bond donors (Lipinski definition) is 0. The molecule has 1 aliphatic rings. The van der Waals surface area contributed by atoms with E-state index >= 15 is 0 Å². The predicted molar refractivity (Wildman–Crippen MR) is 76.8 cm³/mol. The fraction of sp³-hybridized carbons (Fsp3) is 0.562. The van der Waals surface area contributed by atoms with Crippen molar-refractivity contribution in [2.75, 3.05) is 20.2 Å². The number of Topliss-reactive ketones (excluding diaryl/α,β-unsaturated/α-hetero) is 1. The molecular weight excluding hydrogens is 238 g/mol. The van der Waals surface area contributed by atoms with E-state index in [9.17, 15) is 4.79 Å². The average Bonchev–Trinajstić information content (AvgIpc) is 2.46. The molecule has 0 saturated carbocycles. The topological polar surface area (TPSA) is 29.5 Å². The van der Waals surface area contributed by atoms with E-state index in [0.717, 1.165) is 30.3 Å². The Bertz CT molecular complexity index is 419. The molecule has 1 unspecified atom stereocenters. The monoisotopic (exact) mass is 261 g/mol. The minimum atomic E-state index is -0.0269. The summed E-state index contributed by atoms with van der Waals surface area (Å²) < 4.78 is 5.12. The summed E-state index contributed by atoms with van der Waals surface area (Å²) in [6, 6.07) is 7.37. The quantitative estimate of drug-likeness (QED) is 0.780. The maximum Gasteiger partial charge on any atom is 0.179 e. The first-order valence-electron chi connectivity index (χ1n) is 7.04. The minimum Gasteiger partial charge on any atom is -0.497 e. The third kappa shape index (κ3) is 3.35. The highest BCUT2D eigenvalue weighted by Gasteiger charge is 2.25. The summed E-state index contributed by atoms with van der Waals surface area (Å²) in [4.78, 5) is 14.7. The minimum absolute atomic E-state index is 0.0269. The van der Waals surface area contributed by atoms with Gasteiger partial charge in [-0.1, -0.05) is 6.92 Å². The highest BCUT2D eigenvalue weighted by atomic mass is 16.5. The second-order valence-corrected chi connectivity index (χ2v) is 5.49. The third-order valence-corrected chi connectivity index (χ3v) is 4.12. The molecule has 104 valence electrons. The van der Waals surface area contributed by atoms with Gasteiger partial charge in [0.1, 0.15) is 5.75 Å². The van der Waals surface area contributed by atoms with Crippen LogP contribution < -0.4 is 4.74 Å². The number of hydrogen-bond acceptors (Lipinski definition) is 3. The van der Waals surface area contributed by atoms with Crippen molar-refractivity contribution in [3.05, 3.63) is 29.8 Å². The molecule has 19 heavy (non-hydrogen) atoms. The molecule has 0 radical (unpaired) electrons. The molecule has 0 bridgehead atoms. The number of benzene rings is 1. The number of methoxy groups -OCH3 is 1. The lowest BCUT2D eigenvalue weighted by Crippen LogP contribution is -2.43. The van der Waals surface area contributed by atoms with Crippen LogP contribution in [0, 0.1) is 5.92 Å². The molecule has 1 fully saturated rings. The van der Waals surface area contributed by atoms with Gasteiger partial charge in [-0.15, -0.1) is 0 Å². The average molecular weight is 261 g/mol. The fourth-order valence-electron chi connectivity index (χ4n) is 2.58. The van der Waals surface area contributed by atoms with E-state index < -0.39 is 0 Å². The van der Waals surface area contributed by atoms with E-state index in [1.165, 1.54) is 12.8 Å². The van der Waals surface area contributed by atoms with E-state index in [1.54, 1.807) is 7.11 Å². The van der Waals surface area contributed by atoms with Crippen LogP contribution in [0.25, 0.3) is 0 Å². The van der Waals surface area contributed by atoms with Gasteiger partial charge in [0.15, 0.2) is 5.78 Å². The number of piperidine rings is 1. The SMILES string of the molecule is COc1ccc(C(=O)C(C)N2CCC(C)CC2)cc1. The Morgan fingerprint density at radius 3 is 2.37 bits per heavy atom. The summed E-state index contributed by atoms with van der Waals surface area (Å²) in [6.45, 7) is 6.37. The van der Waals surface area contributed by atoms with Crippen LogP contribution in [0.4, 0.5) is 0 Å². The first-order valence-corrected chi connectivity index (χ1v) is 7.04. The zero-order valence-electron chi connectivity index (χ0n) is 12.1. The van der Waals surface area contributed by atoms with Crippen molar-refractivity contribution >= 4 is 5.78 Å². The van der Waals surface area contributed by atoms with Gasteiger partial charge in [-0.05, 0) is 63.0 Å². The molecule has 0 N–H and O–H groups in total. The first kappa shape index (κ1) is 14.1. The second kappa shape index (κ2) is 6.20. The van der Waals surface area contributed by atoms with Gasteiger partial charge >= 0.3 is 0 Å². The Labute approximate surface area is 115 Å². The van der Waals surface area contributed by atoms with Crippen molar-refractivity contribution < 1.29 is 9.53 Å². The van der Waals surface area contributed by atoms with Crippen molar-refractivity contribution in [3.63, 3.8) is 0 Å². The van der Waals surface area contributed by atoms with E-state index in [4.69, 9.17) is 4.74 Å². The molecule has 2 rings (SSSR count). The number of ketones is 1. The maximum absolute atomic E-state index is 12.4. The molecule has 1 saturated heterocycles. The Morgan fingerprint density at radius 1 is 1.26 bits per heavy atom. The lowest BCUT2D eigenvalue weighted by molar-refractivity contribution is 0.0779. The number of carbonyl (C=O) groups excluding carboxylic acids is 1. The molecule has 0 amide bonds. The van der Waals surface area contributed by atoms with Crippen LogP contribution in [0.2, 0.25) is 0 Å². The van der Waals surface area contributed by atoms with E-state index in [-0.39, 0.29) is 11.8 Å². The summed E-state index contributed by atoms with van der Waals surface area (Å²) in [5.41, 5.74) is 0.770. The van der Waals surface area contributed by atoms with Gasteiger partial charge < -0.3 is 4.74 Å². The standard InChI is InChI=1S/C16H23NO2/c1-12-8-10-17(11-9-12)13(2)16(18)14-4-6-15(19-3)7-5-14/h4-7,12-13H,8-11H2,1-3H3. The molecule has 1 aromatic rings. The summed E-state index contributed by atoms with van der Waals surface area (Å²) in [5.74, 6) is 1.78. The van der Waals surface area contributed by atoms with Crippen LogP contribution in [0.1, 0.15) is 37.0 Å². The van der Waals surface area contributed by atoms with Crippen molar-refractivity contribution in [1.82, 2.24) is 4.90 Å². The van der Waals surface area contributed by atoms with Crippen molar-refractivity contribution in [1.29, 1.82) is 0 Å². The lowest BCUT2D eigenvalue weighted by atomic mass is 9.96. The van der Waals surface area contributed by atoms with Gasteiger partial charge in [0.2, 0.25) is 0 Å². The molecule has 1 aromatic carbocycles. The Kier molecular flexibility index (Phi) is 4.59. The van der Waals surface area contributed by atoms with Crippen molar-refractivity contribution in [2.24, 2.45) is 5.92 Å². The molecule has 1 heterocycles. The molecule has 3 heteroatoms. The predicted octanol–water partition coefficient (Wildman–Crippen LogP) is 3.00. The zero-order chi connectivity index (χ0) is 13.8. The highest BCUT2D eigenvalue weighted by molar-refractivity contribution is 5.99. The molecule has 0 aromatic heterocycles. The van der Waals surface area contributed by atoms with Gasteiger partial charge in [-0.3, -0.25) is 9.69 Å². The van der Waals surface area contributed by atoms with Crippen molar-refractivity contribution in [3.8, 4) is 5.75 Å².